The van der Waals surface area contributed by atoms with Gasteiger partial charge < -0.3 is 29.2 Å². The zero-order chi connectivity index (χ0) is 66.0. The highest BCUT2D eigenvalue weighted by Gasteiger charge is 2.49. The molecule has 4 aliphatic rings. The average molecular weight is 1340 g/mol. The third-order valence-electron chi connectivity index (χ3n) is 21.2. The summed E-state index contributed by atoms with van der Waals surface area (Å²) < 4.78 is 14.9. The van der Waals surface area contributed by atoms with E-state index in [2.05, 4.69) is 358 Å². The van der Waals surface area contributed by atoms with Crippen molar-refractivity contribution in [2.45, 2.75) is 0 Å². The second-order valence-corrected chi connectivity index (χ2v) is 29.7. The van der Waals surface area contributed by atoms with Crippen LogP contribution in [-0.2, 0) is 0 Å². The van der Waals surface area contributed by atoms with Crippen LogP contribution in [0.2, 0.25) is 0 Å². The number of hydrogen-bond acceptors (Lipinski definition) is 9. The largest absolute Gasteiger partial charge is 0.458 e. The minimum atomic E-state index is -0.230. The minimum Gasteiger partial charge on any atom is -0.458 e. The molecule has 0 amide bonds. The molecule has 22 rings (SSSR count). The van der Waals surface area contributed by atoms with E-state index in [-0.39, 0.29) is 13.4 Å². The number of hydrogen-bond donors (Lipinski definition) is 0. The molecule has 4 aliphatic heterocycles. The molecule has 0 radical (unpaired) electrons. The van der Waals surface area contributed by atoms with E-state index in [1.165, 1.54) is 82.4 Å². The lowest BCUT2D eigenvalue weighted by molar-refractivity contribution is 0.487. The van der Waals surface area contributed by atoms with Gasteiger partial charge in [-0.05, 0) is 154 Å². The van der Waals surface area contributed by atoms with Gasteiger partial charge in [0.2, 0.25) is 0 Å². The summed E-state index contributed by atoms with van der Waals surface area (Å²) in [5.41, 5.74) is 23.6. The summed E-state index contributed by atoms with van der Waals surface area (Å²) in [5.74, 6) is 1.69. The first-order valence-electron chi connectivity index (χ1n) is 34.4. The zero-order valence-electron chi connectivity index (χ0n) is 54.3. The lowest BCUT2D eigenvalue weighted by atomic mass is 9.30. The summed E-state index contributed by atoms with van der Waals surface area (Å²) in [6.45, 7) is -0.459. The average Bonchev–Trinajstić information content (AvgIpc) is 1.39. The van der Waals surface area contributed by atoms with Gasteiger partial charge >= 0.3 is 0 Å². The van der Waals surface area contributed by atoms with E-state index in [1.807, 2.05) is 34.0 Å². The third-order valence-corrected chi connectivity index (χ3v) is 24.8. The fourth-order valence-corrected chi connectivity index (χ4v) is 20.7. The normalized spacial score (nSPS) is 13.1. The highest BCUT2D eigenvalue weighted by Crippen LogP contribution is 2.56. The minimum absolute atomic E-state index is 0.229. The van der Waals surface area contributed by atoms with Crippen molar-refractivity contribution < 1.29 is 4.74 Å². The molecule has 0 unspecified atom stereocenters. The number of thiophene rings is 3. The van der Waals surface area contributed by atoms with Crippen LogP contribution in [0.25, 0.3) is 60.5 Å². The molecular formula is C90H55B2N5OS3. The van der Waals surface area contributed by atoms with Crippen LogP contribution in [0.1, 0.15) is 0 Å². The van der Waals surface area contributed by atoms with E-state index >= 15 is 0 Å². The molecule has 101 heavy (non-hydrogen) atoms. The van der Waals surface area contributed by atoms with Crippen molar-refractivity contribution in [2.24, 2.45) is 0 Å². The van der Waals surface area contributed by atoms with Gasteiger partial charge in [0, 0.05) is 109 Å². The van der Waals surface area contributed by atoms with Gasteiger partial charge in [-0.3, -0.25) is 0 Å². The maximum Gasteiger partial charge on any atom is 0.256 e. The van der Waals surface area contributed by atoms with Crippen LogP contribution in [0.4, 0.5) is 85.3 Å². The van der Waals surface area contributed by atoms with Crippen LogP contribution in [0.5, 0.6) is 11.5 Å². The summed E-state index contributed by atoms with van der Waals surface area (Å²) in [6, 6.07) is 124. The van der Waals surface area contributed by atoms with Crippen LogP contribution >= 0.6 is 34.0 Å². The first kappa shape index (κ1) is 56.9. The fourth-order valence-electron chi connectivity index (χ4n) is 17.1. The standard InChI is InChI=1S/C90H55B2N5OS3/c1-5-26-56(27-6-1)93(57-28-7-2-8-29-57)60-50-78-86-79(51-60)96(74-44-24-38-66-63-35-14-21-48-84(63)100-89(66)74)76-55-77-71(54-70(76)91(86)68-40-16-18-42-72(68)95(78)73-43-23-37-65-62-34-13-20-47-83(62)99-88(65)73)92-69-41-17-19-46-81(69)98-82-53-61(94(58-30-9-3-10-31-58)59-32-11-4-12-33-59)52-80(87(82)92)97(77)75-45-25-39-67-64-36-15-22-49-85(64)101-90(67)75/h1-55H. The Kier molecular flexibility index (Phi) is 12.5. The molecule has 470 valence electrons. The van der Waals surface area contributed by atoms with Crippen LogP contribution in [0.15, 0.2) is 334 Å². The quantitative estimate of drug-likeness (QED) is 0.134. The van der Waals surface area contributed by atoms with Crippen molar-refractivity contribution >= 4 is 226 Å². The van der Waals surface area contributed by atoms with E-state index in [9.17, 15) is 0 Å². The number of benzene rings is 15. The molecule has 3 aromatic heterocycles. The fraction of sp³-hybridized carbons (Fsp3) is 0. The van der Waals surface area contributed by atoms with Gasteiger partial charge in [0.15, 0.2) is 0 Å². The van der Waals surface area contributed by atoms with Crippen LogP contribution < -0.4 is 62.0 Å². The maximum absolute atomic E-state index is 7.47. The number of para-hydroxylation sites is 6. The van der Waals surface area contributed by atoms with E-state index in [0.29, 0.717) is 0 Å². The van der Waals surface area contributed by atoms with Gasteiger partial charge in [0.05, 0.1) is 42.5 Å². The Labute approximate surface area is 596 Å². The Morgan fingerprint density at radius 3 is 1.04 bits per heavy atom. The molecule has 11 heteroatoms. The Balaban J connectivity index is 0.896. The monoisotopic (exact) mass is 1340 g/mol. The number of fused-ring (bicyclic) bond motifs is 17. The van der Waals surface area contributed by atoms with Crippen LogP contribution in [0.3, 0.4) is 0 Å². The Morgan fingerprint density at radius 2 is 0.574 bits per heavy atom. The number of ether oxygens (including phenoxy) is 1. The lowest BCUT2D eigenvalue weighted by Gasteiger charge is -2.47. The number of rotatable bonds is 9. The lowest BCUT2D eigenvalue weighted by Crippen LogP contribution is -2.64. The smallest absolute Gasteiger partial charge is 0.256 e. The molecule has 18 aromatic rings. The molecule has 0 fully saturated rings. The Morgan fingerprint density at radius 1 is 0.228 bits per heavy atom. The predicted molar refractivity (Wildman–Crippen MR) is 434 cm³/mol. The summed E-state index contributed by atoms with van der Waals surface area (Å²) in [4.78, 5) is 12.8. The first-order valence-corrected chi connectivity index (χ1v) is 36.9. The summed E-state index contributed by atoms with van der Waals surface area (Å²) in [6.07, 6.45) is 0. The molecule has 7 heterocycles. The highest BCUT2D eigenvalue weighted by molar-refractivity contribution is 7.27. The molecule has 0 saturated carbocycles. The van der Waals surface area contributed by atoms with Gasteiger partial charge in [-0.1, -0.05) is 206 Å². The molecule has 0 bridgehead atoms. The van der Waals surface area contributed by atoms with E-state index < -0.39 is 0 Å². The first-order chi connectivity index (χ1) is 50.1. The summed E-state index contributed by atoms with van der Waals surface area (Å²) >= 11 is 5.65. The second kappa shape index (κ2) is 22.2. The van der Waals surface area contributed by atoms with Crippen molar-refractivity contribution in [3.63, 3.8) is 0 Å². The van der Waals surface area contributed by atoms with Crippen molar-refractivity contribution in [3.8, 4) is 11.5 Å². The van der Waals surface area contributed by atoms with Gasteiger partial charge in [-0.15, -0.1) is 34.0 Å². The second-order valence-electron chi connectivity index (χ2n) is 26.6. The molecular weight excluding hydrogens is 1280 g/mol. The van der Waals surface area contributed by atoms with E-state index in [4.69, 9.17) is 4.74 Å². The zero-order valence-corrected chi connectivity index (χ0v) is 56.7. The molecule has 6 nitrogen and oxygen atoms in total. The molecule has 0 saturated heterocycles. The van der Waals surface area contributed by atoms with Crippen molar-refractivity contribution in [3.05, 3.63) is 334 Å². The topological polar surface area (TPSA) is 25.4 Å². The van der Waals surface area contributed by atoms with Gasteiger partial charge in [-0.2, -0.15) is 0 Å². The van der Waals surface area contributed by atoms with Gasteiger partial charge in [0.25, 0.3) is 13.4 Å². The predicted octanol–water partition coefficient (Wildman–Crippen LogP) is 22.2. The Bertz CT molecular complexity index is 6380. The molecule has 0 atom stereocenters. The molecule has 0 aliphatic carbocycles. The molecule has 0 spiro atoms. The summed E-state index contributed by atoms with van der Waals surface area (Å²) in [7, 11) is 0. The number of nitrogens with zero attached hydrogens (tertiary/aromatic N) is 5. The van der Waals surface area contributed by atoms with Crippen molar-refractivity contribution in [1.82, 2.24) is 0 Å². The van der Waals surface area contributed by atoms with E-state index in [0.717, 1.165) is 108 Å². The van der Waals surface area contributed by atoms with Gasteiger partial charge in [-0.25, -0.2) is 0 Å². The van der Waals surface area contributed by atoms with Gasteiger partial charge in [0.1, 0.15) is 11.5 Å². The molecule has 15 aromatic carbocycles. The van der Waals surface area contributed by atoms with E-state index in [1.54, 1.807) is 0 Å². The van der Waals surface area contributed by atoms with Crippen LogP contribution in [-0.4, -0.2) is 13.4 Å². The highest BCUT2D eigenvalue weighted by atomic mass is 32.1. The SMILES string of the molecule is c1ccc(N(c2ccccc2)c2cc3c4c(c2)N(c2cccc5c2sc2ccccc25)c2cc5c(cc2B4c2ccccc2O3)B2c3ccccc3N(c3cccc4c3sc3ccccc34)c3cc(N(c4ccccc4)c4ccccc4)cc(c32)N5c2cccc3c2sc2ccccc23)cc1. The third kappa shape index (κ3) is 8.46. The van der Waals surface area contributed by atoms with Crippen molar-refractivity contribution in [2.75, 3.05) is 24.5 Å². The Hall–Kier alpha value is -12.1. The summed E-state index contributed by atoms with van der Waals surface area (Å²) in [5, 5.41) is 7.50. The van der Waals surface area contributed by atoms with Crippen LogP contribution in [0, 0.1) is 0 Å². The number of anilines is 15. The van der Waals surface area contributed by atoms with Crippen molar-refractivity contribution in [1.29, 1.82) is 0 Å². The molecule has 0 N–H and O–H groups in total. The maximum atomic E-state index is 7.47.